The van der Waals surface area contributed by atoms with Crippen LogP contribution < -0.4 is 0 Å². The molecule has 0 bridgehead atoms. The SMILES string of the molecule is CC(O)(c1nccs1)C1CCC(C(=O)O)C1. The van der Waals surface area contributed by atoms with Gasteiger partial charge in [-0.2, -0.15) is 0 Å². The number of nitrogens with zero attached hydrogens (tertiary/aromatic N) is 1. The molecule has 4 nitrogen and oxygen atoms in total. The molecule has 1 aromatic rings. The highest BCUT2D eigenvalue weighted by Crippen LogP contribution is 2.43. The monoisotopic (exact) mass is 241 g/mol. The first-order chi connectivity index (χ1) is 7.51. The topological polar surface area (TPSA) is 70.4 Å². The van der Waals surface area contributed by atoms with E-state index in [1.807, 2.05) is 5.38 Å². The van der Waals surface area contributed by atoms with Gasteiger partial charge in [0.25, 0.3) is 0 Å². The molecule has 0 aromatic carbocycles. The summed E-state index contributed by atoms with van der Waals surface area (Å²) in [6, 6.07) is 0. The smallest absolute Gasteiger partial charge is 0.306 e. The predicted molar refractivity (Wildman–Crippen MR) is 60.2 cm³/mol. The molecular weight excluding hydrogens is 226 g/mol. The lowest BCUT2D eigenvalue weighted by atomic mass is 9.87. The van der Waals surface area contributed by atoms with E-state index in [1.54, 1.807) is 13.1 Å². The number of carboxylic acid groups (broad SMARTS) is 1. The lowest BCUT2D eigenvalue weighted by Crippen LogP contribution is -2.30. The van der Waals surface area contributed by atoms with Crippen molar-refractivity contribution >= 4 is 17.3 Å². The van der Waals surface area contributed by atoms with E-state index in [0.717, 1.165) is 6.42 Å². The highest BCUT2D eigenvalue weighted by atomic mass is 32.1. The standard InChI is InChI=1S/C11H15NO3S/c1-11(15,10-12-4-5-16-10)8-3-2-7(6-8)9(13)14/h4-5,7-8,15H,2-3,6H2,1H3,(H,13,14). The number of aliphatic carboxylic acids is 1. The largest absolute Gasteiger partial charge is 0.481 e. The third-order valence-corrected chi connectivity index (χ3v) is 4.44. The van der Waals surface area contributed by atoms with Crippen LogP contribution in [0.15, 0.2) is 11.6 Å². The minimum atomic E-state index is -0.988. The van der Waals surface area contributed by atoms with Crippen molar-refractivity contribution in [2.75, 3.05) is 0 Å². The van der Waals surface area contributed by atoms with Gasteiger partial charge in [-0.15, -0.1) is 11.3 Å². The third-order valence-electron chi connectivity index (χ3n) is 3.44. The number of hydrogen-bond donors (Lipinski definition) is 2. The average molecular weight is 241 g/mol. The van der Waals surface area contributed by atoms with Crippen LogP contribution in [0.3, 0.4) is 0 Å². The summed E-state index contributed by atoms with van der Waals surface area (Å²) >= 11 is 1.42. The van der Waals surface area contributed by atoms with E-state index in [0.29, 0.717) is 17.8 Å². The van der Waals surface area contributed by atoms with Gasteiger partial charge in [-0.3, -0.25) is 4.79 Å². The maximum atomic E-state index is 10.9. The number of thiazole rings is 1. The zero-order valence-corrected chi connectivity index (χ0v) is 9.91. The summed E-state index contributed by atoms with van der Waals surface area (Å²) in [5.41, 5.74) is -0.988. The van der Waals surface area contributed by atoms with Gasteiger partial charge in [0.15, 0.2) is 0 Å². The van der Waals surface area contributed by atoms with Crippen LogP contribution in [0, 0.1) is 11.8 Å². The lowest BCUT2D eigenvalue weighted by Gasteiger charge is -2.27. The van der Waals surface area contributed by atoms with Crippen LogP contribution in [0.25, 0.3) is 0 Å². The summed E-state index contributed by atoms with van der Waals surface area (Å²) in [6.45, 7) is 1.74. The molecule has 1 aliphatic rings. The molecule has 1 fully saturated rings. The summed E-state index contributed by atoms with van der Waals surface area (Å²) < 4.78 is 0. The molecule has 88 valence electrons. The van der Waals surface area contributed by atoms with Crippen molar-refractivity contribution in [2.45, 2.75) is 31.8 Å². The summed E-state index contributed by atoms with van der Waals surface area (Å²) in [5, 5.41) is 21.9. The first-order valence-electron chi connectivity index (χ1n) is 5.37. The van der Waals surface area contributed by atoms with Crippen molar-refractivity contribution in [3.8, 4) is 0 Å². The minimum absolute atomic E-state index is 0.000231. The highest BCUT2D eigenvalue weighted by Gasteiger charge is 2.42. The van der Waals surface area contributed by atoms with E-state index >= 15 is 0 Å². The number of carbonyl (C=O) groups is 1. The van der Waals surface area contributed by atoms with Crippen LogP contribution in [-0.4, -0.2) is 21.2 Å². The van der Waals surface area contributed by atoms with Crippen molar-refractivity contribution in [3.05, 3.63) is 16.6 Å². The maximum Gasteiger partial charge on any atom is 0.306 e. The molecule has 1 aliphatic carbocycles. The molecule has 0 radical (unpaired) electrons. The fourth-order valence-electron chi connectivity index (χ4n) is 2.36. The molecule has 0 spiro atoms. The zero-order valence-electron chi connectivity index (χ0n) is 9.09. The van der Waals surface area contributed by atoms with Crippen molar-refractivity contribution in [3.63, 3.8) is 0 Å². The van der Waals surface area contributed by atoms with Gasteiger partial charge in [0, 0.05) is 11.6 Å². The molecule has 5 heteroatoms. The van der Waals surface area contributed by atoms with E-state index < -0.39 is 11.6 Å². The van der Waals surface area contributed by atoms with E-state index in [2.05, 4.69) is 4.98 Å². The van der Waals surface area contributed by atoms with Crippen molar-refractivity contribution in [1.82, 2.24) is 4.98 Å². The van der Waals surface area contributed by atoms with Gasteiger partial charge >= 0.3 is 5.97 Å². The Morgan fingerprint density at radius 2 is 2.38 bits per heavy atom. The molecule has 2 N–H and O–H groups in total. The van der Waals surface area contributed by atoms with Gasteiger partial charge in [0.2, 0.25) is 0 Å². The van der Waals surface area contributed by atoms with Gasteiger partial charge in [-0.1, -0.05) is 0 Å². The predicted octanol–water partition coefficient (Wildman–Crippen LogP) is 1.85. The molecule has 1 heterocycles. The Morgan fingerprint density at radius 1 is 1.62 bits per heavy atom. The number of aromatic nitrogens is 1. The fourth-order valence-corrected chi connectivity index (χ4v) is 3.14. The lowest BCUT2D eigenvalue weighted by molar-refractivity contribution is -0.141. The Hall–Kier alpha value is -0.940. The second kappa shape index (κ2) is 4.14. The van der Waals surface area contributed by atoms with E-state index in [-0.39, 0.29) is 11.8 Å². The Morgan fingerprint density at radius 3 is 2.88 bits per heavy atom. The molecule has 16 heavy (non-hydrogen) atoms. The first-order valence-corrected chi connectivity index (χ1v) is 6.25. The number of aliphatic hydroxyl groups is 1. The molecule has 3 atom stereocenters. The molecule has 1 saturated carbocycles. The van der Waals surface area contributed by atoms with Crippen LogP contribution in [0.2, 0.25) is 0 Å². The second-order valence-corrected chi connectivity index (χ2v) is 5.42. The highest BCUT2D eigenvalue weighted by molar-refractivity contribution is 7.09. The zero-order chi connectivity index (χ0) is 11.8. The van der Waals surface area contributed by atoms with Crippen molar-refractivity contribution in [2.24, 2.45) is 11.8 Å². The Labute approximate surface area is 98.0 Å². The quantitative estimate of drug-likeness (QED) is 0.847. The van der Waals surface area contributed by atoms with Gasteiger partial charge in [-0.05, 0) is 32.1 Å². The van der Waals surface area contributed by atoms with Crippen LogP contribution >= 0.6 is 11.3 Å². The van der Waals surface area contributed by atoms with Crippen LogP contribution in [0.4, 0.5) is 0 Å². The first kappa shape index (κ1) is 11.5. The van der Waals surface area contributed by atoms with Crippen molar-refractivity contribution in [1.29, 1.82) is 0 Å². The summed E-state index contributed by atoms with van der Waals surface area (Å²) in [7, 11) is 0. The van der Waals surface area contributed by atoms with Gasteiger partial charge in [-0.25, -0.2) is 4.98 Å². The normalized spacial score (nSPS) is 28.9. The van der Waals surface area contributed by atoms with Gasteiger partial charge in [0.1, 0.15) is 10.6 Å². The molecule has 0 aliphatic heterocycles. The number of carboxylic acids is 1. The number of hydrogen-bond acceptors (Lipinski definition) is 4. The second-order valence-electron chi connectivity index (χ2n) is 4.53. The summed E-state index contributed by atoms with van der Waals surface area (Å²) in [6.07, 6.45) is 3.62. The van der Waals surface area contributed by atoms with E-state index in [1.165, 1.54) is 11.3 Å². The van der Waals surface area contributed by atoms with Gasteiger partial charge in [0.05, 0.1) is 5.92 Å². The van der Waals surface area contributed by atoms with Crippen LogP contribution in [0.5, 0.6) is 0 Å². The summed E-state index contributed by atoms with van der Waals surface area (Å²) in [5.74, 6) is -1.06. The Kier molecular flexibility index (Phi) is 2.99. The maximum absolute atomic E-state index is 10.9. The minimum Gasteiger partial charge on any atom is -0.481 e. The summed E-state index contributed by atoms with van der Waals surface area (Å²) in [4.78, 5) is 15.0. The average Bonchev–Trinajstić information content (AvgIpc) is 2.90. The molecule has 0 amide bonds. The molecule has 0 saturated heterocycles. The van der Waals surface area contributed by atoms with Crippen LogP contribution in [-0.2, 0) is 10.4 Å². The van der Waals surface area contributed by atoms with E-state index in [4.69, 9.17) is 5.11 Å². The molecular formula is C11H15NO3S. The fraction of sp³-hybridized carbons (Fsp3) is 0.636. The van der Waals surface area contributed by atoms with Crippen molar-refractivity contribution < 1.29 is 15.0 Å². The molecule has 3 unspecified atom stereocenters. The third kappa shape index (κ3) is 1.97. The van der Waals surface area contributed by atoms with Gasteiger partial charge < -0.3 is 10.2 Å². The number of rotatable bonds is 3. The van der Waals surface area contributed by atoms with Crippen LogP contribution in [0.1, 0.15) is 31.2 Å². The Balaban J connectivity index is 2.12. The Bertz CT molecular complexity index is 375. The molecule has 1 aromatic heterocycles. The molecule has 2 rings (SSSR count). The van der Waals surface area contributed by atoms with E-state index in [9.17, 15) is 9.90 Å².